The van der Waals surface area contributed by atoms with Gasteiger partial charge in [-0.25, -0.2) is 0 Å². The van der Waals surface area contributed by atoms with Crippen LogP contribution in [0.5, 0.6) is 11.5 Å². The molecule has 0 bridgehead atoms. The summed E-state index contributed by atoms with van der Waals surface area (Å²) >= 11 is 1.48. The first-order chi connectivity index (χ1) is 14.1. The number of carbonyl (C=O) groups excluding carboxylic acids is 1. The summed E-state index contributed by atoms with van der Waals surface area (Å²) < 4.78 is 18.9. The summed E-state index contributed by atoms with van der Waals surface area (Å²) in [5, 5.41) is 12.2. The lowest BCUT2D eigenvalue weighted by atomic mass is 10.2. The Labute approximate surface area is 171 Å². The summed E-state index contributed by atoms with van der Waals surface area (Å²) in [4.78, 5) is 11.4. The van der Waals surface area contributed by atoms with E-state index in [0.29, 0.717) is 46.2 Å². The number of hydrogen-bond acceptors (Lipinski definition) is 7. The van der Waals surface area contributed by atoms with E-state index in [1.54, 1.807) is 20.3 Å². The van der Waals surface area contributed by atoms with Crippen molar-refractivity contribution in [3.8, 4) is 28.8 Å². The summed E-state index contributed by atoms with van der Waals surface area (Å²) in [5.74, 6) is 3.67. The third-order valence-corrected chi connectivity index (χ3v) is 5.47. The van der Waals surface area contributed by atoms with E-state index in [-0.39, 0.29) is 5.91 Å². The fourth-order valence-electron chi connectivity index (χ4n) is 3.07. The summed E-state index contributed by atoms with van der Waals surface area (Å²) in [5.41, 5.74) is 1.68. The quantitative estimate of drug-likeness (QED) is 0.597. The largest absolute Gasteiger partial charge is 0.494 e. The molecule has 3 heterocycles. The zero-order valence-corrected chi connectivity index (χ0v) is 17.1. The van der Waals surface area contributed by atoms with Gasteiger partial charge in [-0.2, -0.15) is 0 Å². The number of ether oxygens (including phenoxy) is 2. The number of nitrogens with one attached hydrogen (secondary N) is 1. The third kappa shape index (κ3) is 3.73. The topological polar surface area (TPSA) is 91.4 Å². The lowest BCUT2D eigenvalue weighted by Crippen LogP contribution is -2.15. The van der Waals surface area contributed by atoms with E-state index in [9.17, 15) is 4.79 Å². The molecule has 1 amide bonds. The Morgan fingerprint density at radius 3 is 2.52 bits per heavy atom. The van der Waals surface area contributed by atoms with Gasteiger partial charge in [0, 0.05) is 18.4 Å². The molecule has 0 radical (unpaired) electrons. The minimum Gasteiger partial charge on any atom is -0.494 e. The van der Waals surface area contributed by atoms with E-state index in [1.165, 1.54) is 11.8 Å². The van der Waals surface area contributed by atoms with Crippen molar-refractivity contribution in [2.45, 2.75) is 12.1 Å². The van der Waals surface area contributed by atoms with Crippen molar-refractivity contribution < 1.29 is 18.7 Å². The average molecular weight is 412 g/mol. The number of aryl methyl sites for hydroxylation is 1. The van der Waals surface area contributed by atoms with Crippen molar-refractivity contribution >= 4 is 17.7 Å². The van der Waals surface area contributed by atoms with Crippen LogP contribution in [-0.2, 0) is 4.79 Å². The van der Waals surface area contributed by atoms with Gasteiger partial charge in [-0.15, -0.1) is 10.2 Å². The maximum atomic E-state index is 11.4. The summed E-state index contributed by atoms with van der Waals surface area (Å²) in [7, 11) is 3.21. The molecular weight excluding hydrogens is 392 g/mol. The van der Waals surface area contributed by atoms with Crippen molar-refractivity contribution in [1.82, 2.24) is 20.1 Å². The number of para-hydroxylation sites is 1. The number of amides is 1. The maximum absolute atomic E-state index is 11.4. The minimum absolute atomic E-state index is 0.0692. The molecule has 0 spiro atoms. The fourth-order valence-corrected chi connectivity index (χ4v) is 3.97. The molecule has 1 aliphatic heterocycles. The molecule has 0 saturated carbocycles. The van der Waals surface area contributed by atoms with Crippen LogP contribution in [-0.4, -0.2) is 47.2 Å². The fraction of sp³-hybridized carbons (Fsp3) is 0.250. The first-order valence-corrected chi connectivity index (χ1v) is 9.93. The molecule has 2 aromatic heterocycles. The number of furan rings is 1. The number of rotatable bonds is 7. The Bertz CT molecular complexity index is 1060. The van der Waals surface area contributed by atoms with Crippen molar-refractivity contribution in [2.24, 2.45) is 0 Å². The van der Waals surface area contributed by atoms with Crippen LogP contribution in [0.1, 0.15) is 5.76 Å². The second-order valence-corrected chi connectivity index (χ2v) is 7.31. The molecule has 1 N–H and O–H groups in total. The maximum Gasteiger partial charge on any atom is 0.244 e. The molecule has 1 aromatic carbocycles. The van der Waals surface area contributed by atoms with Crippen molar-refractivity contribution in [3.05, 3.63) is 47.7 Å². The molecule has 9 heteroatoms. The van der Waals surface area contributed by atoms with Gasteiger partial charge in [-0.05, 0) is 36.8 Å². The molecule has 0 atom stereocenters. The van der Waals surface area contributed by atoms with Crippen molar-refractivity contribution in [3.63, 3.8) is 0 Å². The Balaban J connectivity index is 1.83. The zero-order chi connectivity index (χ0) is 20.4. The average Bonchev–Trinajstić information content (AvgIpc) is 3.45. The number of benzene rings is 1. The molecular formula is C20H20N4O4S. The molecule has 0 aliphatic carbocycles. The van der Waals surface area contributed by atoms with Crippen LogP contribution in [0, 0.1) is 6.92 Å². The van der Waals surface area contributed by atoms with Gasteiger partial charge in [-0.1, -0.05) is 17.8 Å². The number of methoxy groups -OCH3 is 2. The molecule has 1 aliphatic rings. The lowest BCUT2D eigenvalue weighted by Gasteiger charge is -2.16. The smallest absolute Gasteiger partial charge is 0.244 e. The van der Waals surface area contributed by atoms with E-state index in [1.807, 2.05) is 41.8 Å². The van der Waals surface area contributed by atoms with E-state index < -0.39 is 0 Å². The molecule has 0 fully saturated rings. The molecule has 4 rings (SSSR count). The van der Waals surface area contributed by atoms with Crippen LogP contribution in [0.3, 0.4) is 0 Å². The Hall–Kier alpha value is -3.20. The van der Waals surface area contributed by atoms with Gasteiger partial charge in [0.05, 0.1) is 14.2 Å². The standard InChI is InChI=1S/C20H20N4O4S/c1-12-7-8-16(28-12)19-22-23-20(29-11-13-9-17(25)21-10-13)24(19)18-14(26-2)5-4-6-15(18)27-3/h4-9H,10-11H2,1-3H3,(H,21,25). The van der Waals surface area contributed by atoms with Gasteiger partial charge in [-0.3, -0.25) is 9.36 Å². The Kier molecular flexibility index (Phi) is 5.30. The molecule has 8 nitrogen and oxygen atoms in total. The number of thioether (sulfide) groups is 1. The molecule has 29 heavy (non-hydrogen) atoms. The lowest BCUT2D eigenvalue weighted by molar-refractivity contribution is -0.115. The highest BCUT2D eigenvalue weighted by atomic mass is 32.2. The second kappa shape index (κ2) is 8.04. The van der Waals surface area contributed by atoms with Crippen molar-refractivity contribution in [1.29, 1.82) is 0 Å². The highest BCUT2D eigenvalue weighted by molar-refractivity contribution is 7.99. The van der Waals surface area contributed by atoms with E-state index in [0.717, 1.165) is 11.3 Å². The monoisotopic (exact) mass is 412 g/mol. The van der Waals surface area contributed by atoms with Gasteiger partial charge >= 0.3 is 0 Å². The molecule has 0 saturated heterocycles. The van der Waals surface area contributed by atoms with Gasteiger partial charge in [0.1, 0.15) is 22.9 Å². The molecule has 3 aromatic rings. The van der Waals surface area contributed by atoms with Crippen LogP contribution < -0.4 is 14.8 Å². The second-order valence-electron chi connectivity index (χ2n) is 6.37. The van der Waals surface area contributed by atoms with Crippen LogP contribution >= 0.6 is 11.8 Å². The van der Waals surface area contributed by atoms with Crippen LogP contribution in [0.15, 0.2) is 51.6 Å². The number of carbonyl (C=O) groups is 1. The van der Waals surface area contributed by atoms with Gasteiger partial charge in [0.15, 0.2) is 10.9 Å². The van der Waals surface area contributed by atoms with Gasteiger partial charge < -0.3 is 19.2 Å². The number of hydrogen-bond donors (Lipinski definition) is 1. The van der Waals surface area contributed by atoms with Crippen LogP contribution in [0.2, 0.25) is 0 Å². The predicted octanol–water partition coefficient (Wildman–Crippen LogP) is 3.00. The Morgan fingerprint density at radius 2 is 1.93 bits per heavy atom. The summed E-state index contributed by atoms with van der Waals surface area (Å²) in [6, 6.07) is 9.29. The SMILES string of the molecule is COc1cccc(OC)c1-n1c(SCC2=CC(=O)NC2)nnc1-c1ccc(C)o1. The third-order valence-electron chi connectivity index (χ3n) is 4.43. The molecule has 0 unspecified atom stereocenters. The first-order valence-electron chi connectivity index (χ1n) is 8.94. The van der Waals surface area contributed by atoms with Crippen LogP contribution in [0.25, 0.3) is 17.3 Å². The van der Waals surface area contributed by atoms with Crippen molar-refractivity contribution in [2.75, 3.05) is 26.5 Å². The van der Waals surface area contributed by atoms with E-state index in [2.05, 4.69) is 15.5 Å². The highest BCUT2D eigenvalue weighted by Gasteiger charge is 2.24. The van der Waals surface area contributed by atoms with Crippen LogP contribution in [0.4, 0.5) is 0 Å². The molecule has 150 valence electrons. The predicted molar refractivity (Wildman–Crippen MR) is 109 cm³/mol. The Morgan fingerprint density at radius 1 is 1.17 bits per heavy atom. The first kappa shape index (κ1) is 19.1. The van der Waals surface area contributed by atoms with Gasteiger partial charge in [0.25, 0.3) is 0 Å². The van der Waals surface area contributed by atoms with E-state index >= 15 is 0 Å². The summed E-state index contributed by atoms with van der Waals surface area (Å²) in [6.45, 7) is 2.42. The zero-order valence-electron chi connectivity index (χ0n) is 16.3. The number of aromatic nitrogens is 3. The van der Waals surface area contributed by atoms with E-state index in [4.69, 9.17) is 13.9 Å². The normalized spacial score (nSPS) is 13.3. The van der Waals surface area contributed by atoms with Gasteiger partial charge in [0.2, 0.25) is 11.7 Å². The highest BCUT2D eigenvalue weighted by Crippen LogP contribution is 2.38. The number of nitrogens with zero attached hydrogens (tertiary/aromatic N) is 3. The summed E-state index contributed by atoms with van der Waals surface area (Å²) in [6.07, 6.45) is 1.62. The minimum atomic E-state index is -0.0692.